The highest BCUT2D eigenvalue weighted by molar-refractivity contribution is 5.90. The first-order valence-corrected chi connectivity index (χ1v) is 5.14. The minimum Gasteiger partial charge on any atom is -0.478 e. The lowest BCUT2D eigenvalue weighted by atomic mass is 10.1. The molecule has 1 aromatic rings. The number of carbonyl (C=O) groups is 1. The van der Waals surface area contributed by atoms with E-state index >= 15 is 0 Å². The van der Waals surface area contributed by atoms with Crippen molar-refractivity contribution in [1.29, 1.82) is 0 Å². The Kier molecular flexibility index (Phi) is 2.96. The second kappa shape index (κ2) is 4.40. The molecule has 0 radical (unpaired) electrons. The molecule has 1 heterocycles. The van der Waals surface area contributed by atoms with Crippen LogP contribution < -0.4 is 10.6 Å². The van der Waals surface area contributed by atoms with Gasteiger partial charge in [0.05, 0.1) is 30.2 Å². The van der Waals surface area contributed by atoms with Crippen molar-refractivity contribution in [2.45, 2.75) is 0 Å². The van der Waals surface area contributed by atoms with E-state index in [0.717, 1.165) is 18.8 Å². The van der Waals surface area contributed by atoms with Crippen molar-refractivity contribution in [1.82, 2.24) is 0 Å². The normalized spacial score (nSPS) is 16.1. The van der Waals surface area contributed by atoms with E-state index in [9.17, 15) is 4.79 Å². The van der Waals surface area contributed by atoms with Gasteiger partial charge >= 0.3 is 5.97 Å². The van der Waals surface area contributed by atoms with Gasteiger partial charge in [-0.25, -0.2) is 4.79 Å². The van der Waals surface area contributed by atoms with E-state index < -0.39 is 5.97 Å². The number of aromatic carboxylic acids is 1. The number of nitrogens with zero attached hydrogens (tertiary/aromatic N) is 1. The van der Waals surface area contributed by atoms with Gasteiger partial charge in [-0.05, 0) is 18.2 Å². The molecule has 0 amide bonds. The fourth-order valence-corrected chi connectivity index (χ4v) is 1.78. The predicted molar refractivity (Wildman–Crippen MR) is 60.8 cm³/mol. The summed E-state index contributed by atoms with van der Waals surface area (Å²) >= 11 is 0. The van der Waals surface area contributed by atoms with Crippen molar-refractivity contribution in [2.24, 2.45) is 0 Å². The number of hydrogen-bond acceptors (Lipinski definition) is 4. The van der Waals surface area contributed by atoms with Gasteiger partial charge in [0.1, 0.15) is 0 Å². The highest BCUT2D eigenvalue weighted by Gasteiger charge is 2.14. The highest BCUT2D eigenvalue weighted by Crippen LogP contribution is 2.25. The van der Waals surface area contributed by atoms with E-state index in [1.807, 2.05) is 0 Å². The Hall–Kier alpha value is -1.75. The predicted octanol–water partition coefficient (Wildman–Crippen LogP) is 0.804. The third kappa shape index (κ3) is 2.09. The molecule has 1 aliphatic rings. The van der Waals surface area contributed by atoms with Crippen LogP contribution in [0.3, 0.4) is 0 Å². The second-order valence-corrected chi connectivity index (χ2v) is 3.68. The summed E-state index contributed by atoms with van der Waals surface area (Å²) in [7, 11) is 0. The van der Waals surface area contributed by atoms with E-state index in [4.69, 9.17) is 15.6 Å². The van der Waals surface area contributed by atoms with Gasteiger partial charge in [0.25, 0.3) is 0 Å². The summed E-state index contributed by atoms with van der Waals surface area (Å²) in [4.78, 5) is 12.9. The lowest BCUT2D eigenvalue weighted by Gasteiger charge is -2.29. The Morgan fingerprint density at radius 2 is 2.06 bits per heavy atom. The fourth-order valence-electron chi connectivity index (χ4n) is 1.78. The summed E-state index contributed by atoms with van der Waals surface area (Å²) in [5.74, 6) is -0.958. The number of rotatable bonds is 2. The number of benzene rings is 1. The van der Waals surface area contributed by atoms with Gasteiger partial charge in [-0.2, -0.15) is 0 Å². The molecule has 5 nitrogen and oxygen atoms in total. The first-order chi connectivity index (χ1) is 7.68. The quantitative estimate of drug-likeness (QED) is 0.724. The Bertz CT molecular complexity index is 400. The molecule has 1 saturated heterocycles. The summed E-state index contributed by atoms with van der Waals surface area (Å²) in [5, 5.41) is 8.82. The van der Waals surface area contributed by atoms with Gasteiger partial charge in [0, 0.05) is 13.1 Å². The zero-order chi connectivity index (χ0) is 11.5. The first-order valence-electron chi connectivity index (χ1n) is 5.14. The van der Waals surface area contributed by atoms with Crippen LogP contribution in [0.5, 0.6) is 0 Å². The maximum atomic E-state index is 10.8. The topological polar surface area (TPSA) is 75.8 Å². The molecular formula is C11H14N2O3. The molecule has 5 heteroatoms. The molecule has 2 rings (SSSR count). The second-order valence-electron chi connectivity index (χ2n) is 3.68. The van der Waals surface area contributed by atoms with Gasteiger partial charge in [0.15, 0.2) is 0 Å². The van der Waals surface area contributed by atoms with Crippen molar-refractivity contribution in [3.63, 3.8) is 0 Å². The molecule has 1 fully saturated rings. The molecule has 0 aliphatic carbocycles. The van der Waals surface area contributed by atoms with E-state index in [-0.39, 0.29) is 5.56 Å². The molecule has 3 N–H and O–H groups in total. The van der Waals surface area contributed by atoms with Crippen LogP contribution in [-0.2, 0) is 4.74 Å². The average Bonchev–Trinajstić information content (AvgIpc) is 2.30. The van der Waals surface area contributed by atoms with Crippen LogP contribution >= 0.6 is 0 Å². The standard InChI is InChI=1S/C11H14N2O3/c12-9-7-8(11(14)15)1-2-10(9)13-3-5-16-6-4-13/h1-2,7H,3-6,12H2,(H,14,15). The Morgan fingerprint density at radius 3 is 2.62 bits per heavy atom. The first kappa shape index (κ1) is 10.8. The van der Waals surface area contributed by atoms with Crippen molar-refractivity contribution in [2.75, 3.05) is 36.9 Å². The number of nitrogen functional groups attached to an aromatic ring is 1. The molecule has 1 aliphatic heterocycles. The zero-order valence-corrected chi connectivity index (χ0v) is 8.85. The molecule has 1 aromatic carbocycles. The zero-order valence-electron chi connectivity index (χ0n) is 8.85. The number of carboxylic acid groups (broad SMARTS) is 1. The van der Waals surface area contributed by atoms with E-state index in [2.05, 4.69) is 4.90 Å². The van der Waals surface area contributed by atoms with Crippen LogP contribution in [0.1, 0.15) is 10.4 Å². The fraction of sp³-hybridized carbons (Fsp3) is 0.364. The molecule has 0 saturated carbocycles. The number of nitrogens with two attached hydrogens (primary N) is 1. The van der Waals surface area contributed by atoms with Crippen LogP contribution in [0.25, 0.3) is 0 Å². The number of ether oxygens (including phenoxy) is 1. The third-order valence-electron chi connectivity index (χ3n) is 2.63. The number of hydrogen-bond donors (Lipinski definition) is 2. The minimum atomic E-state index is -0.958. The number of anilines is 2. The van der Waals surface area contributed by atoms with E-state index in [1.54, 1.807) is 12.1 Å². The lowest BCUT2D eigenvalue weighted by Crippen LogP contribution is -2.36. The monoisotopic (exact) mass is 222 g/mol. The summed E-state index contributed by atoms with van der Waals surface area (Å²) in [6.07, 6.45) is 0. The average molecular weight is 222 g/mol. The summed E-state index contributed by atoms with van der Waals surface area (Å²) in [6, 6.07) is 4.82. The van der Waals surface area contributed by atoms with Crippen molar-refractivity contribution in [3.05, 3.63) is 23.8 Å². The van der Waals surface area contributed by atoms with Crippen molar-refractivity contribution < 1.29 is 14.6 Å². The molecular weight excluding hydrogens is 208 g/mol. The minimum absolute atomic E-state index is 0.217. The van der Waals surface area contributed by atoms with Crippen molar-refractivity contribution in [3.8, 4) is 0 Å². The SMILES string of the molecule is Nc1cc(C(=O)O)ccc1N1CCOCC1. The molecule has 0 spiro atoms. The molecule has 16 heavy (non-hydrogen) atoms. The van der Waals surface area contributed by atoms with Crippen LogP contribution in [0.4, 0.5) is 11.4 Å². The van der Waals surface area contributed by atoms with E-state index in [1.165, 1.54) is 6.07 Å². The summed E-state index contributed by atoms with van der Waals surface area (Å²) in [6.45, 7) is 2.94. The maximum Gasteiger partial charge on any atom is 0.335 e. The van der Waals surface area contributed by atoms with Gasteiger partial charge < -0.3 is 20.5 Å². The number of carboxylic acids is 1. The Balaban J connectivity index is 2.24. The van der Waals surface area contributed by atoms with Crippen LogP contribution in [0, 0.1) is 0 Å². The van der Waals surface area contributed by atoms with Crippen molar-refractivity contribution >= 4 is 17.3 Å². The molecule has 86 valence electrons. The smallest absolute Gasteiger partial charge is 0.335 e. The molecule has 0 atom stereocenters. The van der Waals surface area contributed by atoms with Crippen LogP contribution in [-0.4, -0.2) is 37.4 Å². The Labute approximate surface area is 93.4 Å². The van der Waals surface area contributed by atoms with Gasteiger partial charge in [-0.15, -0.1) is 0 Å². The molecule has 0 aromatic heterocycles. The van der Waals surface area contributed by atoms with Gasteiger partial charge in [-0.1, -0.05) is 0 Å². The largest absolute Gasteiger partial charge is 0.478 e. The summed E-state index contributed by atoms with van der Waals surface area (Å²) in [5.41, 5.74) is 7.45. The van der Waals surface area contributed by atoms with Crippen LogP contribution in [0.2, 0.25) is 0 Å². The third-order valence-corrected chi connectivity index (χ3v) is 2.63. The Morgan fingerprint density at radius 1 is 1.38 bits per heavy atom. The maximum absolute atomic E-state index is 10.8. The molecule has 0 unspecified atom stereocenters. The summed E-state index contributed by atoms with van der Waals surface area (Å²) < 4.78 is 5.25. The van der Waals surface area contributed by atoms with E-state index in [0.29, 0.717) is 18.9 Å². The van der Waals surface area contributed by atoms with Gasteiger partial charge in [0.2, 0.25) is 0 Å². The van der Waals surface area contributed by atoms with Crippen LogP contribution in [0.15, 0.2) is 18.2 Å². The van der Waals surface area contributed by atoms with Gasteiger partial charge in [-0.3, -0.25) is 0 Å². The lowest BCUT2D eigenvalue weighted by molar-refractivity contribution is 0.0697. The highest BCUT2D eigenvalue weighted by atomic mass is 16.5. The number of morpholine rings is 1. The molecule has 0 bridgehead atoms.